The lowest BCUT2D eigenvalue weighted by atomic mass is 9.93. The van der Waals surface area contributed by atoms with Gasteiger partial charge in [-0.2, -0.15) is 0 Å². The molecule has 0 bridgehead atoms. The van der Waals surface area contributed by atoms with E-state index in [1.54, 1.807) is 0 Å². The summed E-state index contributed by atoms with van der Waals surface area (Å²) in [6.45, 7) is 0. The average Bonchev–Trinajstić information content (AvgIpc) is 2.68. The van der Waals surface area contributed by atoms with Gasteiger partial charge in [0.05, 0.1) is 0 Å². The van der Waals surface area contributed by atoms with E-state index in [0.717, 1.165) is 10.8 Å². The summed E-state index contributed by atoms with van der Waals surface area (Å²) in [5, 5.41) is 20.0. The van der Waals surface area contributed by atoms with Crippen LogP contribution in [0.4, 0.5) is 0 Å². The van der Waals surface area contributed by atoms with Crippen molar-refractivity contribution < 1.29 is 14.5 Å². The highest BCUT2D eigenvalue weighted by Crippen LogP contribution is 2.20. The van der Waals surface area contributed by atoms with Crippen LogP contribution in [0.25, 0.3) is 21.9 Å². The topological polar surface area (TPSA) is 66.5 Å². The lowest BCUT2D eigenvalue weighted by Crippen LogP contribution is -2.30. The average molecular weight is 213 g/mol. The number of rotatable bonds is 1. The van der Waals surface area contributed by atoms with Gasteiger partial charge in [0.2, 0.25) is 5.79 Å². The molecule has 2 N–H and O–H groups in total. The first-order valence-corrected chi connectivity index (χ1v) is 4.89. The van der Waals surface area contributed by atoms with E-state index in [1.807, 2.05) is 36.4 Å². The van der Waals surface area contributed by atoms with Crippen molar-refractivity contribution in [2.24, 2.45) is 0 Å². The number of oxazole rings is 1. The maximum atomic E-state index is 8.96. The molecule has 0 radical (unpaired) electrons. The quantitative estimate of drug-likeness (QED) is 0.582. The minimum Gasteiger partial charge on any atom is -0.444 e. The van der Waals surface area contributed by atoms with E-state index in [9.17, 15) is 0 Å². The molecule has 0 amide bonds. The summed E-state index contributed by atoms with van der Waals surface area (Å²) in [6.07, 6.45) is 0. The normalized spacial score (nSPS) is 11.1. The van der Waals surface area contributed by atoms with E-state index in [0.29, 0.717) is 11.1 Å². The van der Waals surface area contributed by atoms with E-state index < -0.39 is 7.12 Å². The van der Waals surface area contributed by atoms with Gasteiger partial charge in [0.25, 0.3) is 0 Å². The summed E-state index contributed by atoms with van der Waals surface area (Å²) < 4.78 is 5.23. The third kappa shape index (κ3) is 1.38. The molecule has 4 nitrogen and oxygen atoms in total. The fraction of sp³-hybridized carbons (Fsp3) is 0. The highest BCUT2D eigenvalue weighted by atomic mass is 16.4. The van der Waals surface area contributed by atoms with Gasteiger partial charge in [0, 0.05) is 0 Å². The molecule has 0 unspecified atom stereocenters. The summed E-state index contributed by atoms with van der Waals surface area (Å²) in [7, 11) is -1.67. The van der Waals surface area contributed by atoms with Crippen LogP contribution in [0.2, 0.25) is 0 Å². The van der Waals surface area contributed by atoms with Gasteiger partial charge in [0.1, 0.15) is 5.52 Å². The number of benzene rings is 2. The van der Waals surface area contributed by atoms with Crippen molar-refractivity contribution in [2.45, 2.75) is 0 Å². The van der Waals surface area contributed by atoms with E-state index in [-0.39, 0.29) is 5.79 Å². The Kier molecular flexibility index (Phi) is 1.95. The van der Waals surface area contributed by atoms with E-state index in [1.165, 1.54) is 0 Å². The van der Waals surface area contributed by atoms with Gasteiger partial charge in [-0.1, -0.05) is 24.3 Å². The summed E-state index contributed by atoms with van der Waals surface area (Å²) in [5.41, 5.74) is 1.18. The van der Waals surface area contributed by atoms with E-state index in [4.69, 9.17) is 14.5 Å². The second-order valence-corrected chi connectivity index (χ2v) is 3.59. The predicted octanol–water partition coefficient (Wildman–Crippen LogP) is 0.661. The minimum absolute atomic E-state index is 0.0784. The molecule has 0 atom stereocenters. The molecule has 0 saturated carbocycles. The lowest BCUT2D eigenvalue weighted by Gasteiger charge is -1.94. The molecule has 3 rings (SSSR count). The highest BCUT2D eigenvalue weighted by molar-refractivity contribution is 6.56. The smallest absolute Gasteiger partial charge is 0.444 e. The van der Waals surface area contributed by atoms with Crippen molar-refractivity contribution in [3.05, 3.63) is 36.4 Å². The molecular formula is C11H8BNO3. The van der Waals surface area contributed by atoms with Crippen LogP contribution in [-0.2, 0) is 0 Å². The predicted molar refractivity (Wildman–Crippen MR) is 61.3 cm³/mol. The first-order valence-electron chi connectivity index (χ1n) is 4.89. The molecule has 1 aromatic heterocycles. The molecular weight excluding hydrogens is 205 g/mol. The Balaban J connectivity index is 2.34. The molecule has 1 heterocycles. The molecule has 16 heavy (non-hydrogen) atoms. The van der Waals surface area contributed by atoms with Crippen LogP contribution in [0, 0.1) is 0 Å². The van der Waals surface area contributed by atoms with Crippen LogP contribution in [0.1, 0.15) is 0 Å². The number of fused-ring (bicyclic) bond motifs is 2. The molecule has 0 aliphatic carbocycles. The molecule has 2 aromatic carbocycles. The second-order valence-electron chi connectivity index (χ2n) is 3.59. The molecule has 5 heteroatoms. The third-order valence-electron chi connectivity index (χ3n) is 2.49. The largest absolute Gasteiger partial charge is 0.548 e. The van der Waals surface area contributed by atoms with Crippen LogP contribution < -0.4 is 5.79 Å². The fourth-order valence-electron chi connectivity index (χ4n) is 1.74. The third-order valence-corrected chi connectivity index (χ3v) is 2.49. The Hall–Kier alpha value is -1.85. The first kappa shape index (κ1) is 9.39. The van der Waals surface area contributed by atoms with Gasteiger partial charge in [-0.25, -0.2) is 4.98 Å². The maximum Gasteiger partial charge on any atom is 0.548 e. The Bertz CT molecular complexity index is 610. The zero-order chi connectivity index (χ0) is 11.1. The van der Waals surface area contributed by atoms with Crippen LogP contribution in [0.5, 0.6) is 0 Å². The van der Waals surface area contributed by atoms with Gasteiger partial charge in [-0.15, -0.1) is 0 Å². The Morgan fingerprint density at radius 1 is 1.06 bits per heavy atom. The Labute approximate surface area is 91.3 Å². The summed E-state index contributed by atoms with van der Waals surface area (Å²) in [6, 6.07) is 11.5. The second kappa shape index (κ2) is 3.33. The summed E-state index contributed by atoms with van der Waals surface area (Å²) in [4.78, 5) is 4.00. The molecule has 0 fully saturated rings. The highest BCUT2D eigenvalue weighted by Gasteiger charge is 2.19. The summed E-state index contributed by atoms with van der Waals surface area (Å²) >= 11 is 0. The molecule has 78 valence electrons. The van der Waals surface area contributed by atoms with Crippen LogP contribution in [-0.4, -0.2) is 22.2 Å². The maximum absolute atomic E-state index is 8.96. The van der Waals surface area contributed by atoms with Gasteiger partial charge < -0.3 is 14.5 Å². The van der Waals surface area contributed by atoms with Crippen molar-refractivity contribution in [1.29, 1.82) is 0 Å². The van der Waals surface area contributed by atoms with Gasteiger partial charge in [-0.3, -0.25) is 0 Å². The monoisotopic (exact) mass is 213 g/mol. The van der Waals surface area contributed by atoms with Crippen molar-refractivity contribution in [3.8, 4) is 0 Å². The molecule has 0 aliphatic rings. The number of hydrogen-bond acceptors (Lipinski definition) is 4. The Morgan fingerprint density at radius 3 is 2.44 bits per heavy atom. The van der Waals surface area contributed by atoms with E-state index >= 15 is 0 Å². The molecule has 0 aliphatic heterocycles. The molecule has 3 aromatic rings. The van der Waals surface area contributed by atoms with Gasteiger partial charge in [-0.05, 0) is 22.9 Å². The fourth-order valence-corrected chi connectivity index (χ4v) is 1.74. The molecule has 0 spiro atoms. The van der Waals surface area contributed by atoms with Gasteiger partial charge in [0.15, 0.2) is 5.58 Å². The minimum atomic E-state index is -1.67. The zero-order valence-electron chi connectivity index (χ0n) is 8.29. The number of aromatic nitrogens is 1. The van der Waals surface area contributed by atoms with E-state index in [2.05, 4.69) is 4.98 Å². The van der Waals surface area contributed by atoms with Crippen LogP contribution in [0.3, 0.4) is 0 Å². The number of hydrogen-bond donors (Lipinski definition) is 2. The van der Waals surface area contributed by atoms with Crippen molar-refractivity contribution in [2.75, 3.05) is 0 Å². The van der Waals surface area contributed by atoms with Crippen molar-refractivity contribution in [1.82, 2.24) is 4.98 Å². The Morgan fingerprint density at radius 2 is 1.75 bits per heavy atom. The zero-order valence-corrected chi connectivity index (χ0v) is 8.29. The number of nitrogens with zero attached hydrogens (tertiary/aromatic N) is 1. The standard InChI is InChI=1S/C11H8BNO3/c14-12(15)11-13-9-5-7-3-1-2-4-8(7)6-10(9)16-11/h1-6,14-15H. The van der Waals surface area contributed by atoms with Crippen LogP contribution >= 0.6 is 0 Å². The first-order chi connectivity index (χ1) is 7.74. The summed E-state index contributed by atoms with van der Waals surface area (Å²) in [5.74, 6) is -0.0784. The van der Waals surface area contributed by atoms with Crippen molar-refractivity contribution in [3.63, 3.8) is 0 Å². The lowest BCUT2D eigenvalue weighted by molar-refractivity contribution is 0.409. The van der Waals surface area contributed by atoms with Gasteiger partial charge >= 0.3 is 7.12 Å². The van der Waals surface area contributed by atoms with Crippen LogP contribution in [0.15, 0.2) is 40.8 Å². The van der Waals surface area contributed by atoms with Crippen molar-refractivity contribution >= 4 is 34.8 Å². The SMILES string of the molecule is OB(O)c1nc2cc3ccccc3cc2o1. The molecule has 0 saturated heterocycles.